The van der Waals surface area contributed by atoms with Crippen molar-refractivity contribution < 1.29 is 22.5 Å². The van der Waals surface area contributed by atoms with Gasteiger partial charge in [-0.25, -0.2) is 4.90 Å². The van der Waals surface area contributed by atoms with Crippen molar-refractivity contribution in [3.8, 4) is 5.75 Å². The fourth-order valence-corrected chi connectivity index (χ4v) is 1.66. The first kappa shape index (κ1) is 11.5. The first-order chi connectivity index (χ1) is 8.08. The average Bonchev–Trinajstić information content (AvgIpc) is 2.59. The summed E-state index contributed by atoms with van der Waals surface area (Å²) in [4.78, 5) is 23.7. The Labute approximate surface area is 99.0 Å². The quantitative estimate of drug-likeness (QED) is 0.631. The fourth-order valence-electron chi connectivity index (χ4n) is 1.39. The van der Waals surface area contributed by atoms with Crippen LogP contribution >= 0.6 is 0 Å². The van der Waals surface area contributed by atoms with E-state index < -0.39 is 23.2 Å². The van der Waals surface area contributed by atoms with Gasteiger partial charge in [-0.2, -0.15) is 4.21 Å². The van der Waals surface area contributed by atoms with Crippen LogP contribution in [0.1, 0.15) is 0 Å². The molecule has 0 aromatic heterocycles. The van der Waals surface area contributed by atoms with E-state index in [1.54, 1.807) is 0 Å². The molecule has 1 aromatic rings. The summed E-state index contributed by atoms with van der Waals surface area (Å²) in [7, 11) is 0. The summed E-state index contributed by atoms with van der Waals surface area (Å²) in [5, 5.41) is 0. The summed E-state index contributed by atoms with van der Waals surface area (Å²) in [6.07, 6.45) is 2.35. The first-order valence-corrected chi connectivity index (χ1v) is 5.56. The van der Waals surface area contributed by atoms with Crippen LogP contribution in [0.5, 0.6) is 5.75 Å². The highest BCUT2D eigenvalue weighted by atomic mass is 32.2. The molecule has 1 aliphatic heterocycles. The summed E-state index contributed by atoms with van der Waals surface area (Å²) in [5.41, 5.74) is 0.376. The van der Waals surface area contributed by atoms with E-state index >= 15 is 0 Å². The van der Waals surface area contributed by atoms with Crippen LogP contribution in [-0.4, -0.2) is 20.6 Å². The number of amides is 2. The van der Waals surface area contributed by atoms with E-state index in [1.165, 1.54) is 36.4 Å². The lowest BCUT2D eigenvalue weighted by atomic mass is 10.3. The number of hydrogen-bond donors (Lipinski definition) is 1. The minimum atomic E-state index is -2.40. The summed E-state index contributed by atoms with van der Waals surface area (Å²) >= 11 is -2.40. The first-order valence-electron chi connectivity index (χ1n) is 4.53. The standard InChI is InChI=1S/C10H7NO5S/c12-9-5-6-10(13)11(9)7-1-3-8(4-2-7)16-17(14)15/h1-6H,(H,14,15). The Morgan fingerprint density at radius 1 is 1.06 bits per heavy atom. The number of benzene rings is 1. The van der Waals surface area contributed by atoms with Crippen LogP contribution in [0, 0.1) is 0 Å². The Morgan fingerprint density at radius 3 is 2.06 bits per heavy atom. The molecule has 1 unspecified atom stereocenters. The molecule has 7 heteroatoms. The van der Waals surface area contributed by atoms with Gasteiger partial charge < -0.3 is 4.18 Å². The second-order valence-electron chi connectivity index (χ2n) is 3.14. The molecular weight excluding hydrogens is 246 g/mol. The number of nitrogens with zero attached hydrogens (tertiary/aromatic N) is 1. The third-order valence-electron chi connectivity index (χ3n) is 2.07. The van der Waals surface area contributed by atoms with E-state index in [0.29, 0.717) is 5.69 Å². The van der Waals surface area contributed by atoms with Crippen LogP contribution in [0.15, 0.2) is 36.4 Å². The Balaban J connectivity index is 2.21. The summed E-state index contributed by atoms with van der Waals surface area (Å²) < 4.78 is 23.4. The molecular formula is C10H7NO5S. The maximum absolute atomic E-state index is 11.3. The molecule has 2 amide bonds. The SMILES string of the molecule is O=C1C=CC(=O)N1c1ccc(OS(=O)O)cc1. The zero-order valence-electron chi connectivity index (χ0n) is 8.40. The van der Waals surface area contributed by atoms with Crippen LogP contribution in [0.4, 0.5) is 5.69 Å². The zero-order chi connectivity index (χ0) is 12.4. The number of carbonyl (C=O) groups excluding carboxylic acids is 2. The lowest BCUT2D eigenvalue weighted by Gasteiger charge is -2.13. The van der Waals surface area contributed by atoms with Gasteiger partial charge in [0.1, 0.15) is 5.75 Å². The normalized spacial score (nSPS) is 16.4. The predicted molar refractivity (Wildman–Crippen MR) is 59.5 cm³/mol. The van der Waals surface area contributed by atoms with Crippen LogP contribution in [0.3, 0.4) is 0 Å². The van der Waals surface area contributed by atoms with Gasteiger partial charge in [-0.05, 0) is 24.3 Å². The number of anilines is 1. The molecule has 1 atom stereocenters. The molecule has 0 radical (unpaired) electrons. The van der Waals surface area contributed by atoms with Gasteiger partial charge in [-0.3, -0.25) is 14.1 Å². The highest BCUT2D eigenvalue weighted by molar-refractivity contribution is 7.74. The largest absolute Gasteiger partial charge is 0.380 e. The third kappa shape index (κ3) is 2.40. The average molecular weight is 253 g/mol. The van der Waals surface area contributed by atoms with Gasteiger partial charge in [-0.15, -0.1) is 0 Å². The minimum Gasteiger partial charge on any atom is -0.380 e. The topological polar surface area (TPSA) is 83.9 Å². The molecule has 1 aliphatic rings. The highest BCUT2D eigenvalue weighted by Gasteiger charge is 2.24. The van der Waals surface area contributed by atoms with E-state index in [2.05, 4.69) is 4.18 Å². The second-order valence-corrected chi connectivity index (χ2v) is 3.74. The van der Waals surface area contributed by atoms with E-state index in [4.69, 9.17) is 4.55 Å². The van der Waals surface area contributed by atoms with Crippen molar-refractivity contribution in [1.82, 2.24) is 0 Å². The van der Waals surface area contributed by atoms with E-state index in [9.17, 15) is 13.8 Å². The monoisotopic (exact) mass is 253 g/mol. The predicted octanol–water partition coefficient (Wildman–Crippen LogP) is 0.631. The van der Waals surface area contributed by atoms with Crippen molar-refractivity contribution in [1.29, 1.82) is 0 Å². The molecule has 0 spiro atoms. The van der Waals surface area contributed by atoms with E-state index in [1.807, 2.05) is 0 Å². The molecule has 17 heavy (non-hydrogen) atoms. The fraction of sp³-hybridized carbons (Fsp3) is 0. The van der Waals surface area contributed by atoms with Gasteiger partial charge in [0.15, 0.2) is 0 Å². The number of carbonyl (C=O) groups is 2. The lowest BCUT2D eigenvalue weighted by Crippen LogP contribution is -2.29. The molecule has 1 N–H and O–H groups in total. The second kappa shape index (κ2) is 4.48. The molecule has 0 bridgehead atoms. The zero-order valence-corrected chi connectivity index (χ0v) is 9.22. The van der Waals surface area contributed by atoms with Crippen molar-refractivity contribution in [3.05, 3.63) is 36.4 Å². The number of hydrogen-bond acceptors (Lipinski definition) is 4. The van der Waals surface area contributed by atoms with E-state index in [-0.39, 0.29) is 5.75 Å². The van der Waals surface area contributed by atoms with Crippen molar-refractivity contribution in [3.63, 3.8) is 0 Å². The molecule has 0 saturated carbocycles. The van der Waals surface area contributed by atoms with E-state index in [0.717, 1.165) is 4.90 Å². The molecule has 0 aliphatic carbocycles. The molecule has 88 valence electrons. The summed E-state index contributed by atoms with van der Waals surface area (Å²) in [5.74, 6) is -0.676. The Hall–Kier alpha value is -1.99. The molecule has 1 heterocycles. The maximum atomic E-state index is 11.3. The molecule has 0 saturated heterocycles. The smallest absolute Gasteiger partial charge is 0.357 e. The molecule has 1 aromatic carbocycles. The Morgan fingerprint density at radius 2 is 1.59 bits per heavy atom. The molecule has 6 nitrogen and oxygen atoms in total. The highest BCUT2D eigenvalue weighted by Crippen LogP contribution is 2.22. The van der Waals surface area contributed by atoms with Crippen LogP contribution in [-0.2, 0) is 21.0 Å². The summed E-state index contributed by atoms with van der Waals surface area (Å²) in [6, 6.07) is 5.68. The number of rotatable bonds is 3. The van der Waals surface area contributed by atoms with Crippen molar-refractivity contribution in [2.75, 3.05) is 4.90 Å². The van der Waals surface area contributed by atoms with Crippen LogP contribution in [0.2, 0.25) is 0 Å². The van der Waals surface area contributed by atoms with Crippen LogP contribution < -0.4 is 9.08 Å². The molecule has 0 fully saturated rings. The summed E-state index contributed by atoms with van der Waals surface area (Å²) in [6.45, 7) is 0. The molecule has 2 rings (SSSR count). The van der Waals surface area contributed by atoms with Gasteiger partial charge in [0.25, 0.3) is 11.8 Å². The maximum Gasteiger partial charge on any atom is 0.357 e. The van der Waals surface area contributed by atoms with Crippen molar-refractivity contribution >= 4 is 28.9 Å². The van der Waals surface area contributed by atoms with Gasteiger partial charge in [0.2, 0.25) is 0 Å². The van der Waals surface area contributed by atoms with Crippen molar-refractivity contribution in [2.24, 2.45) is 0 Å². The third-order valence-corrected chi connectivity index (χ3v) is 2.41. The van der Waals surface area contributed by atoms with Crippen LogP contribution in [0.25, 0.3) is 0 Å². The Kier molecular flexibility index (Phi) is 3.03. The van der Waals surface area contributed by atoms with Gasteiger partial charge in [0.05, 0.1) is 5.69 Å². The Bertz CT molecular complexity index is 504. The minimum absolute atomic E-state index is 0.168. The lowest BCUT2D eigenvalue weighted by molar-refractivity contribution is -0.119. The number of imide groups is 1. The van der Waals surface area contributed by atoms with Crippen molar-refractivity contribution in [2.45, 2.75) is 0 Å². The van der Waals surface area contributed by atoms with Gasteiger partial charge in [0, 0.05) is 12.2 Å². The van der Waals surface area contributed by atoms with Gasteiger partial charge >= 0.3 is 11.4 Å². The van der Waals surface area contributed by atoms with Gasteiger partial charge in [-0.1, -0.05) is 0 Å².